The van der Waals surface area contributed by atoms with Gasteiger partial charge in [0.2, 0.25) is 0 Å². The lowest BCUT2D eigenvalue weighted by molar-refractivity contribution is -0.134. The predicted octanol–water partition coefficient (Wildman–Crippen LogP) is 2.01. The average molecular weight is 230 g/mol. The summed E-state index contributed by atoms with van der Waals surface area (Å²) in [6, 6.07) is 3.90. The van der Waals surface area contributed by atoms with Gasteiger partial charge in [-0.15, -0.1) is 0 Å². The Balaban J connectivity index is 3.16. The molecule has 0 aliphatic heterocycles. The fourth-order valence-electron chi connectivity index (χ4n) is 1.42. The monoisotopic (exact) mass is 230 g/mol. The minimum atomic E-state index is -0.420. The van der Waals surface area contributed by atoms with E-state index in [1.54, 1.807) is 19.1 Å². The van der Waals surface area contributed by atoms with Crippen LogP contribution in [0.3, 0.4) is 0 Å². The minimum absolute atomic E-state index is 0.420. The van der Waals surface area contributed by atoms with Crippen molar-refractivity contribution < 1.29 is 9.53 Å². The fourth-order valence-corrected chi connectivity index (χ4v) is 1.42. The molecule has 0 unspecified atom stereocenters. The van der Waals surface area contributed by atoms with Gasteiger partial charge in [0, 0.05) is 6.08 Å². The zero-order chi connectivity index (χ0) is 12.8. The maximum atomic E-state index is 11.0. The number of carbonyl (C=O) groups excluding carboxylic acids is 1. The van der Waals surface area contributed by atoms with Gasteiger partial charge in [0.05, 0.1) is 24.1 Å². The number of hydrogen-bond acceptors (Lipinski definition) is 4. The van der Waals surface area contributed by atoms with Gasteiger partial charge in [-0.2, -0.15) is 5.26 Å². The smallest absolute Gasteiger partial charge is 0.330 e. The summed E-state index contributed by atoms with van der Waals surface area (Å²) in [7, 11) is 1.32. The number of hydrogen-bond donors (Lipinski definition) is 0. The van der Waals surface area contributed by atoms with Gasteiger partial charge < -0.3 is 4.74 Å². The molecule has 1 rings (SSSR count). The Kier molecular flexibility index (Phi) is 4.41. The Bertz CT molecular complexity index is 499. The number of ether oxygens (including phenoxy) is 1. The Morgan fingerprint density at radius 3 is 2.88 bits per heavy atom. The third kappa shape index (κ3) is 3.15. The summed E-state index contributed by atoms with van der Waals surface area (Å²) in [5, 5.41) is 8.90. The van der Waals surface area contributed by atoms with Crippen LogP contribution in [0.15, 0.2) is 12.1 Å². The van der Waals surface area contributed by atoms with Crippen molar-refractivity contribution in [3.63, 3.8) is 0 Å². The van der Waals surface area contributed by atoms with Crippen molar-refractivity contribution in [2.45, 2.75) is 20.3 Å². The molecule has 0 aliphatic rings. The molecule has 4 heteroatoms. The van der Waals surface area contributed by atoms with Crippen LogP contribution in [-0.2, 0) is 16.0 Å². The highest BCUT2D eigenvalue weighted by Gasteiger charge is 2.06. The highest BCUT2D eigenvalue weighted by Crippen LogP contribution is 2.14. The van der Waals surface area contributed by atoms with Crippen molar-refractivity contribution >= 4 is 12.0 Å². The summed E-state index contributed by atoms with van der Waals surface area (Å²) in [6.45, 7) is 3.75. The molecule has 0 spiro atoms. The number of nitriles is 1. The van der Waals surface area contributed by atoms with Gasteiger partial charge in [-0.1, -0.05) is 6.92 Å². The summed E-state index contributed by atoms with van der Waals surface area (Å²) in [5.74, 6) is -0.420. The minimum Gasteiger partial charge on any atom is -0.466 e. The molecule has 17 heavy (non-hydrogen) atoms. The van der Waals surface area contributed by atoms with Crippen LogP contribution in [0.5, 0.6) is 0 Å². The van der Waals surface area contributed by atoms with Gasteiger partial charge in [-0.25, -0.2) is 4.79 Å². The number of nitrogens with zero attached hydrogens (tertiary/aromatic N) is 2. The molecule has 0 radical (unpaired) electrons. The maximum Gasteiger partial charge on any atom is 0.330 e. The van der Waals surface area contributed by atoms with Crippen molar-refractivity contribution in [3.05, 3.63) is 34.7 Å². The van der Waals surface area contributed by atoms with E-state index < -0.39 is 5.97 Å². The second-order valence-corrected chi connectivity index (χ2v) is 3.49. The second-order valence-electron chi connectivity index (χ2n) is 3.49. The van der Waals surface area contributed by atoms with Crippen LogP contribution in [0.25, 0.3) is 6.08 Å². The molecule has 0 amide bonds. The van der Waals surface area contributed by atoms with Gasteiger partial charge >= 0.3 is 5.97 Å². The van der Waals surface area contributed by atoms with E-state index in [1.807, 2.05) is 6.92 Å². The molecule has 4 nitrogen and oxygen atoms in total. The van der Waals surface area contributed by atoms with Crippen molar-refractivity contribution in [1.29, 1.82) is 5.26 Å². The summed E-state index contributed by atoms with van der Waals surface area (Å²) in [5.41, 5.74) is 2.87. The molecule has 0 fully saturated rings. The number of pyridine rings is 1. The quantitative estimate of drug-likeness (QED) is 0.588. The molecule has 88 valence electrons. The number of methoxy groups -OCH3 is 1. The number of rotatable bonds is 3. The lowest BCUT2D eigenvalue weighted by Gasteiger charge is -2.05. The molecule has 0 N–H and O–H groups in total. The molecule has 0 saturated carbocycles. The first kappa shape index (κ1) is 12.9. The van der Waals surface area contributed by atoms with Crippen LogP contribution in [0.1, 0.15) is 29.4 Å². The van der Waals surface area contributed by atoms with Crippen LogP contribution >= 0.6 is 0 Å². The van der Waals surface area contributed by atoms with Crippen LogP contribution in [0, 0.1) is 18.3 Å². The first-order valence-electron chi connectivity index (χ1n) is 5.29. The maximum absolute atomic E-state index is 11.0. The number of aromatic nitrogens is 1. The number of aryl methyl sites for hydroxylation is 2. The van der Waals surface area contributed by atoms with Crippen molar-refractivity contribution in [1.82, 2.24) is 4.98 Å². The SMILES string of the molecule is CCc1cc(C#N)c(C)nc1/C=C/C(=O)OC. The summed E-state index contributed by atoms with van der Waals surface area (Å²) < 4.78 is 4.51. The first-order valence-corrected chi connectivity index (χ1v) is 5.29. The summed E-state index contributed by atoms with van der Waals surface area (Å²) in [4.78, 5) is 15.3. The van der Waals surface area contributed by atoms with Crippen molar-refractivity contribution in [2.75, 3.05) is 7.11 Å². The van der Waals surface area contributed by atoms with E-state index in [0.717, 1.165) is 12.0 Å². The molecule has 0 atom stereocenters. The number of esters is 1. The molecule has 0 bridgehead atoms. The first-order chi connectivity index (χ1) is 8.12. The third-order valence-corrected chi connectivity index (χ3v) is 2.41. The van der Waals surface area contributed by atoms with Crippen LogP contribution in [0.4, 0.5) is 0 Å². The van der Waals surface area contributed by atoms with Gasteiger partial charge in [-0.3, -0.25) is 4.98 Å². The van der Waals surface area contributed by atoms with E-state index in [1.165, 1.54) is 13.2 Å². The summed E-state index contributed by atoms with van der Waals surface area (Å²) >= 11 is 0. The lowest BCUT2D eigenvalue weighted by Crippen LogP contribution is -1.99. The van der Waals surface area contributed by atoms with Gasteiger partial charge in [0.1, 0.15) is 6.07 Å². The van der Waals surface area contributed by atoms with E-state index in [-0.39, 0.29) is 0 Å². The molecule has 1 aromatic rings. The third-order valence-electron chi connectivity index (χ3n) is 2.41. The van der Waals surface area contributed by atoms with Gasteiger partial charge in [0.15, 0.2) is 0 Å². The second kappa shape index (κ2) is 5.80. The Morgan fingerprint density at radius 1 is 1.65 bits per heavy atom. The van der Waals surface area contributed by atoms with E-state index in [2.05, 4.69) is 15.8 Å². The lowest BCUT2D eigenvalue weighted by atomic mass is 10.1. The zero-order valence-electron chi connectivity index (χ0n) is 10.2. The van der Waals surface area contributed by atoms with Gasteiger partial charge in [-0.05, 0) is 31.1 Å². The van der Waals surface area contributed by atoms with Crippen LogP contribution in [-0.4, -0.2) is 18.1 Å². The Morgan fingerprint density at radius 2 is 2.35 bits per heavy atom. The molecule has 1 heterocycles. The molecule has 0 aromatic carbocycles. The highest BCUT2D eigenvalue weighted by molar-refractivity contribution is 5.86. The molecule has 0 aliphatic carbocycles. The molecule has 1 aromatic heterocycles. The summed E-state index contributed by atoms with van der Waals surface area (Å²) in [6.07, 6.45) is 3.69. The molecular weight excluding hydrogens is 216 g/mol. The standard InChI is InChI=1S/C13H14N2O2/c1-4-10-7-11(8-14)9(2)15-12(10)5-6-13(16)17-3/h5-7H,4H2,1-3H3/b6-5+. The topological polar surface area (TPSA) is 63.0 Å². The normalized spacial score (nSPS) is 10.2. The fraction of sp³-hybridized carbons (Fsp3) is 0.308. The van der Waals surface area contributed by atoms with E-state index in [4.69, 9.17) is 5.26 Å². The molecule has 0 saturated heterocycles. The van der Waals surface area contributed by atoms with E-state index in [9.17, 15) is 4.79 Å². The van der Waals surface area contributed by atoms with Crippen molar-refractivity contribution in [2.24, 2.45) is 0 Å². The van der Waals surface area contributed by atoms with Gasteiger partial charge in [0.25, 0.3) is 0 Å². The van der Waals surface area contributed by atoms with E-state index >= 15 is 0 Å². The van der Waals surface area contributed by atoms with Crippen molar-refractivity contribution in [3.8, 4) is 6.07 Å². The number of carbonyl (C=O) groups is 1. The highest BCUT2D eigenvalue weighted by atomic mass is 16.5. The average Bonchev–Trinajstić information content (AvgIpc) is 2.35. The van der Waals surface area contributed by atoms with Crippen LogP contribution < -0.4 is 0 Å². The van der Waals surface area contributed by atoms with E-state index in [0.29, 0.717) is 17.0 Å². The predicted molar refractivity (Wildman–Crippen MR) is 64.1 cm³/mol. The van der Waals surface area contributed by atoms with Crippen LogP contribution in [0.2, 0.25) is 0 Å². The molecular formula is C13H14N2O2. The Hall–Kier alpha value is -2.15. The Labute approximate surface area is 101 Å². The zero-order valence-corrected chi connectivity index (χ0v) is 10.2. The largest absolute Gasteiger partial charge is 0.466 e.